The summed E-state index contributed by atoms with van der Waals surface area (Å²) in [6.07, 6.45) is 6.83. The van der Waals surface area contributed by atoms with Crippen molar-refractivity contribution >= 4 is 5.96 Å². The summed E-state index contributed by atoms with van der Waals surface area (Å²) in [5, 5.41) is 11.2. The van der Waals surface area contributed by atoms with E-state index >= 15 is 0 Å². The van der Waals surface area contributed by atoms with Gasteiger partial charge in [-0.2, -0.15) is 5.10 Å². The molecule has 2 aromatic rings. The number of ether oxygens (including phenoxy) is 1. The van der Waals surface area contributed by atoms with Gasteiger partial charge in [0, 0.05) is 50.7 Å². The second kappa shape index (κ2) is 9.76. The summed E-state index contributed by atoms with van der Waals surface area (Å²) < 4.78 is 8.03. The number of aromatic nitrogens is 3. The summed E-state index contributed by atoms with van der Waals surface area (Å²) in [4.78, 5) is 8.72. The van der Waals surface area contributed by atoms with Crippen molar-refractivity contribution in [1.29, 1.82) is 0 Å². The number of pyridine rings is 1. The van der Waals surface area contributed by atoms with Crippen LogP contribution < -0.4 is 15.4 Å². The summed E-state index contributed by atoms with van der Waals surface area (Å²) in [6, 6.07) is 4.03. The molecule has 3 rings (SSSR count). The molecule has 0 aromatic carbocycles. The van der Waals surface area contributed by atoms with Crippen LogP contribution in [0, 0.1) is 19.8 Å². The molecule has 7 nitrogen and oxygen atoms in total. The standard InChI is InChI=1S/C22H34N6O/c1-15-6-8-19(9-7-15)29-21-12-18(10-11-24-21)13-25-22(23-4)26-14-20-16(2)27-28(5)17(20)3/h10-12,15,19H,6-9,13-14H2,1-5H3,(H2,23,25,26). The second-order valence-corrected chi connectivity index (χ2v) is 8.05. The average molecular weight is 399 g/mol. The van der Waals surface area contributed by atoms with E-state index in [1.165, 1.54) is 24.1 Å². The molecule has 0 amide bonds. The van der Waals surface area contributed by atoms with Gasteiger partial charge in [-0.15, -0.1) is 0 Å². The number of hydrogen-bond donors (Lipinski definition) is 2. The zero-order valence-corrected chi connectivity index (χ0v) is 18.3. The molecule has 2 heterocycles. The lowest BCUT2D eigenvalue weighted by Crippen LogP contribution is -2.36. The molecule has 1 saturated carbocycles. The lowest BCUT2D eigenvalue weighted by Gasteiger charge is -2.26. The first-order valence-corrected chi connectivity index (χ1v) is 10.5. The highest BCUT2D eigenvalue weighted by Gasteiger charge is 2.20. The van der Waals surface area contributed by atoms with Crippen LogP contribution in [0.5, 0.6) is 5.88 Å². The van der Waals surface area contributed by atoms with Crippen molar-refractivity contribution in [2.75, 3.05) is 7.05 Å². The number of aryl methyl sites for hydroxylation is 2. The Bertz CT molecular complexity index is 836. The van der Waals surface area contributed by atoms with E-state index in [-0.39, 0.29) is 0 Å². The van der Waals surface area contributed by atoms with Crippen molar-refractivity contribution in [2.45, 2.75) is 65.6 Å². The molecule has 158 valence electrons. The Morgan fingerprint density at radius 1 is 1.21 bits per heavy atom. The van der Waals surface area contributed by atoms with E-state index < -0.39 is 0 Å². The molecule has 29 heavy (non-hydrogen) atoms. The predicted octanol–water partition coefficient (Wildman–Crippen LogP) is 3.25. The summed E-state index contributed by atoms with van der Waals surface area (Å²) in [5.41, 5.74) is 4.53. The maximum absolute atomic E-state index is 6.12. The van der Waals surface area contributed by atoms with Crippen LogP contribution in [0.15, 0.2) is 23.3 Å². The fourth-order valence-corrected chi connectivity index (χ4v) is 3.79. The summed E-state index contributed by atoms with van der Waals surface area (Å²) in [7, 11) is 3.75. The van der Waals surface area contributed by atoms with Gasteiger partial charge < -0.3 is 15.4 Å². The smallest absolute Gasteiger partial charge is 0.213 e. The normalized spacial score (nSPS) is 19.8. The Balaban J connectivity index is 1.51. The molecule has 0 unspecified atom stereocenters. The van der Waals surface area contributed by atoms with Crippen LogP contribution in [0.25, 0.3) is 0 Å². The second-order valence-electron chi connectivity index (χ2n) is 8.05. The quantitative estimate of drug-likeness (QED) is 0.577. The zero-order valence-electron chi connectivity index (χ0n) is 18.3. The van der Waals surface area contributed by atoms with E-state index in [0.29, 0.717) is 25.1 Å². The molecule has 0 aliphatic heterocycles. The van der Waals surface area contributed by atoms with Crippen molar-refractivity contribution in [2.24, 2.45) is 18.0 Å². The van der Waals surface area contributed by atoms with Gasteiger partial charge in [-0.25, -0.2) is 4.98 Å². The van der Waals surface area contributed by atoms with Crippen LogP contribution in [-0.4, -0.2) is 33.9 Å². The molecule has 7 heteroatoms. The largest absolute Gasteiger partial charge is 0.474 e. The summed E-state index contributed by atoms with van der Waals surface area (Å²) in [5.74, 6) is 2.29. The van der Waals surface area contributed by atoms with Crippen LogP contribution in [-0.2, 0) is 20.1 Å². The van der Waals surface area contributed by atoms with Crippen molar-refractivity contribution < 1.29 is 4.74 Å². The number of hydrogen-bond acceptors (Lipinski definition) is 4. The van der Waals surface area contributed by atoms with Crippen molar-refractivity contribution in [3.63, 3.8) is 0 Å². The van der Waals surface area contributed by atoms with Gasteiger partial charge in [0.05, 0.1) is 5.69 Å². The van der Waals surface area contributed by atoms with E-state index in [4.69, 9.17) is 4.74 Å². The Morgan fingerprint density at radius 3 is 2.59 bits per heavy atom. The van der Waals surface area contributed by atoms with Crippen LogP contribution in [0.4, 0.5) is 0 Å². The topological polar surface area (TPSA) is 76.4 Å². The number of aliphatic imine (C=N–C) groups is 1. The van der Waals surface area contributed by atoms with E-state index in [9.17, 15) is 0 Å². The first kappa shape index (κ1) is 21.1. The molecule has 0 saturated heterocycles. The number of nitrogens with zero attached hydrogens (tertiary/aromatic N) is 4. The van der Waals surface area contributed by atoms with Crippen LogP contribution in [0.1, 0.15) is 55.1 Å². The molecule has 1 aliphatic carbocycles. The first-order valence-electron chi connectivity index (χ1n) is 10.5. The van der Waals surface area contributed by atoms with E-state index in [1.54, 1.807) is 7.05 Å². The fraction of sp³-hybridized carbons (Fsp3) is 0.591. The SMILES string of the molecule is CN=C(NCc1ccnc(OC2CCC(C)CC2)c1)NCc1c(C)nn(C)c1C. The van der Waals surface area contributed by atoms with Crippen molar-refractivity contribution in [3.05, 3.63) is 40.8 Å². The third-order valence-corrected chi connectivity index (χ3v) is 5.82. The Hall–Kier alpha value is -2.57. The minimum atomic E-state index is 0.294. The molecule has 0 spiro atoms. The Morgan fingerprint density at radius 2 is 1.93 bits per heavy atom. The van der Waals surface area contributed by atoms with Gasteiger partial charge >= 0.3 is 0 Å². The molecule has 0 radical (unpaired) electrons. The first-order chi connectivity index (χ1) is 14.0. The predicted molar refractivity (Wildman–Crippen MR) is 116 cm³/mol. The molecule has 1 aliphatic rings. The third kappa shape index (κ3) is 5.71. The molecule has 0 bridgehead atoms. The fourth-order valence-electron chi connectivity index (χ4n) is 3.79. The number of guanidine groups is 1. The van der Waals surface area contributed by atoms with E-state index in [2.05, 4.69) is 39.6 Å². The van der Waals surface area contributed by atoms with Gasteiger partial charge in [-0.05, 0) is 57.1 Å². The summed E-state index contributed by atoms with van der Waals surface area (Å²) >= 11 is 0. The highest BCUT2D eigenvalue weighted by atomic mass is 16.5. The van der Waals surface area contributed by atoms with Gasteiger partial charge in [0.1, 0.15) is 6.10 Å². The van der Waals surface area contributed by atoms with Crippen LogP contribution in [0.2, 0.25) is 0 Å². The molecular weight excluding hydrogens is 364 g/mol. The third-order valence-electron chi connectivity index (χ3n) is 5.82. The lowest BCUT2D eigenvalue weighted by atomic mass is 9.89. The van der Waals surface area contributed by atoms with Gasteiger partial charge in [0.25, 0.3) is 0 Å². The molecule has 1 fully saturated rings. The minimum Gasteiger partial charge on any atom is -0.474 e. The Labute approximate surface area is 174 Å². The monoisotopic (exact) mass is 398 g/mol. The van der Waals surface area contributed by atoms with Gasteiger partial charge in [-0.1, -0.05) is 6.92 Å². The highest BCUT2D eigenvalue weighted by Crippen LogP contribution is 2.26. The highest BCUT2D eigenvalue weighted by molar-refractivity contribution is 5.79. The zero-order chi connectivity index (χ0) is 20.8. The number of nitrogens with one attached hydrogen (secondary N) is 2. The van der Waals surface area contributed by atoms with Crippen molar-refractivity contribution in [1.82, 2.24) is 25.4 Å². The molecular formula is C22H34N6O. The molecule has 0 atom stereocenters. The Kier molecular flexibility index (Phi) is 7.12. The van der Waals surface area contributed by atoms with Gasteiger partial charge in [0.15, 0.2) is 5.96 Å². The van der Waals surface area contributed by atoms with Crippen molar-refractivity contribution in [3.8, 4) is 5.88 Å². The van der Waals surface area contributed by atoms with E-state index in [1.807, 2.05) is 37.0 Å². The molecule has 2 N–H and O–H groups in total. The van der Waals surface area contributed by atoms with Crippen LogP contribution in [0.3, 0.4) is 0 Å². The van der Waals surface area contributed by atoms with E-state index in [0.717, 1.165) is 36.0 Å². The lowest BCUT2D eigenvalue weighted by molar-refractivity contribution is 0.130. The number of rotatable bonds is 6. The maximum Gasteiger partial charge on any atom is 0.213 e. The van der Waals surface area contributed by atoms with Crippen LogP contribution >= 0.6 is 0 Å². The summed E-state index contributed by atoms with van der Waals surface area (Å²) in [6.45, 7) is 7.78. The maximum atomic E-state index is 6.12. The average Bonchev–Trinajstić information content (AvgIpc) is 2.96. The minimum absolute atomic E-state index is 0.294. The van der Waals surface area contributed by atoms with Gasteiger partial charge in [0.2, 0.25) is 5.88 Å². The van der Waals surface area contributed by atoms with Gasteiger partial charge in [-0.3, -0.25) is 9.67 Å². The molecule has 2 aromatic heterocycles.